The summed E-state index contributed by atoms with van der Waals surface area (Å²) in [7, 11) is 0. The molecule has 2 heterocycles. The first-order valence-corrected chi connectivity index (χ1v) is 8.17. The van der Waals surface area contributed by atoms with Crippen LogP contribution in [-0.4, -0.2) is 29.2 Å². The third-order valence-electron chi connectivity index (χ3n) is 4.42. The van der Waals surface area contributed by atoms with Gasteiger partial charge < -0.3 is 9.64 Å². The number of hydrogen-bond acceptors (Lipinski definition) is 4. The van der Waals surface area contributed by atoms with Crippen LogP contribution in [0.25, 0.3) is 11.0 Å². The SMILES string of the molecule is CC1CN(c2cnc3cc(F)c(F)cc3n2)C(c2ccccc2)CO1. The van der Waals surface area contributed by atoms with Crippen LogP contribution in [0, 0.1) is 11.6 Å². The number of hydrogen-bond donors (Lipinski definition) is 0. The Morgan fingerprint density at radius 3 is 2.56 bits per heavy atom. The van der Waals surface area contributed by atoms with Crippen molar-refractivity contribution < 1.29 is 13.5 Å². The molecule has 25 heavy (non-hydrogen) atoms. The van der Waals surface area contributed by atoms with Gasteiger partial charge in [0.1, 0.15) is 5.82 Å². The van der Waals surface area contributed by atoms with E-state index in [1.807, 2.05) is 37.3 Å². The standard InChI is InChI=1S/C19H17F2N3O/c1-12-10-24(18(11-25-12)13-5-3-2-4-6-13)19-9-22-16-7-14(20)15(21)8-17(16)23-19/h2-9,12,18H,10-11H2,1H3. The van der Waals surface area contributed by atoms with Crippen LogP contribution in [-0.2, 0) is 4.74 Å². The number of fused-ring (bicyclic) bond motifs is 1. The molecule has 0 amide bonds. The van der Waals surface area contributed by atoms with Gasteiger partial charge in [0.05, 0.1) is 36.0 Å². The molecular weight excluding hydrogens is 324 g/mol. The third-order valence-corrected chi connectivity index (χ3v) is 4.42. The average molecular weight is 341 g/mol. The van der Waals surface area contributed by atoms with Crippen molar-refractivity contribution in [3.63, 3.8) is 0 Å². The number of anilines is 1. The second kappa shape index (κ2) is 6.37. The summed E-state index contributed by atoms with van der Waals surface area (Å²) in [5, 5.41) is 0. The molecule has 0 aliphatic carbocycles. The molecule has 1 saturated heterocycles. The largest absolute Gasteiger partial charge is 0.374 e. The topological polar surface area (TPSA) is 38.2 Å². The van der Waals surface area contributed by atoms with Gasteiger partial charge in [-0.15, -0.1) is 0 Å². The zero-order valence-corrected chi connectivity index (χ0v) is 13.7. The Kier molecular flexibility index (Phi) is 4.05. The molecule has 0 N–H and O–H groups in total. The fourth-order valence-electron chi connectivity index (χ4n) is 3.14. The Hall–Kier alpha value is -2.60. The van der Waals surface area contributed by atoms with E-state index in [2.05, 4.69) is 14.9 Å². The molecule has 0 spiro atoms. The highest BCUT2D eigenvalue weighted by molar-refractivity contribution is 5.75. The van der Waals surface area contributed by atoms with E-state index in [0.717, 1.165) is 17.7 Å². The van der Waals surface area contributed by atoms with Crippen LogP contribution in [0.15, 0.2) is 48.7 Å². The van der Waals surface area contributed by atoms with Crippen molar-refractivity contribution in [3.8, 4) is 0 Å². The molecule has 0 saturated carbocycles. The molecule has 2 atom stereocenters. The fraction of sp³-hybridized carbons (Fsp3) is 0.263. The van der Waals surface area contributed by atoms with Gasteiger partial charge >= 0.3 is 0 Å². The lowest BCUT2D eigenvalue weighted by molar-refractivity contribution is 0.0300. The Bertz CT molecular complexity index is 904. The lowest BCUT2D eigenvalue weighted by Gasteiger charge is -2.39. The highest BCUT2D eigenvalue weighted by atomic mass is 19.2. The molecule has 4 rings (SSSR count). The number of ether oxygens (including phenoxy) is 1. The van der Waals surface area contributed by atoms with Crippen LogP contribution in [0.5, 0.6) is 0 Å². The summed E-state index contributed by atoms with van der Waals surface area (Å²) in [5.74, 6) is -1.21. The summed E-state index contributed by atoms with van der Waals surface area (Å²) >= 11 is 0. The third kappa shape index (κ3) is 3.05. The molecular formula is C19H17F2N3O. The van der Waals surface area contributed by atoms with E-state index in [1.54, 1.807) is 6.20 Å². The monoisotopic (exact) mass is 341 g/mol. The number of nitrogens with zero attached hydrogens (tertiary/aromatic N) is 3. The lowest BCUT2D eigenvalue weighted by Crippen LogP contribution is -2.44. The van der Waals surface area contributed by atoms with Gasteiger partial charge in [-0.25, -0.2) is 13.8 Å². The first kappa shape index (κ1) is 15.9. The highest BCUT2D eigenvalue weighted by Gasteiger charge is 2.29. The summed E-state index contributed by atoms with van der Waals surface area (Å²) in [4.78, 5) is 10.9. The Balaban J connectivity index is 1.76. The van der Waals surface area contributed by atoms with Gasteiger partial charge in [-0.2, -0.15) is 0 Å². The number of aromatic nitrogens is 2. The zero-order valence-electron chi connectivity index (χ0n) is 13.7. The van der Waals surface area contributed by atoms with Crippen LogP contribution in [0.4, 0.5) is 14.6 Å². The smallest absolute Gasteiger partial charge is 0.161 e. The summed E-state index contributed by atoms with van der Waals surface area (Å²) in [6.45, 7) is 3.17. The van der Waals surface area contributed by atoms with Gasteiger partial charge in [-0.05, 0) is 12.5 Å². The molecule has 1 fully saturated rings. The maximum atomic E-state index is 13.5. The van der Waals surface area contributed by atoms with Gasteiger partial charge in [0, 0.05) is 18.7 Å². The molecule has 6 heteroatoms. The second-order valence-corrected chi connectivity index (χ2v) is 6.21. The summed E-state index contributed by atoms with van der Waals surface area (Å²) in [6, 6.07) is 12.2. The van der Waals surface area contributed by atoms with Crippen molar-refractivity contribution in [3.05, 3.63) is 65.9 Å². The average Bonchev–Trinajstić information content (AvgIpc) is 2.63. The van der Waals surface area contributed by atoms with E-state index in [0.29, 0.717) is 30.0 Å². The second-order valence-electron chi connectivity index (χ2n) is 6.21. The first-order valence-electron chi connectivity index (χ1n) is 8.17. The van der Waals surface area contributed by atoms with Crippen molar-refractivity contribution >= 4 is 16.9 Å². The van der Waals surface area contributed by atoms with Crippen LogP contribution in [0.2, 0.25) is 0 Å². The van der Waals surface area contributed by atoms with Gasteiger partial charge in [0.25, 0.3) is 0 Å². The maximum Gasteiger partial charge on any atom is 0.161 e. The van der Waals surface area contributed by atoms with E-state index >= 15 is 0 Å². The molecule has 2 aromatic carbocycles. The predicted molar refractivity (Wildman–Crippen MR) is 91.4 cm³/mol. The van der Waals surface area contributed by atoms with Crippen LogP contribution in [0.3, 0.4) is 0 Å². The predicted octanol–water partition coefficient (Wildman–Crippen LogP) is 3.87. The van der Waals surface area contributed by atoms with E-state index in [1.165, 1.54) is 0 Å². The van der Waals surface area contributed by atoms with Gasteiger partial charge in [0.15, 0.2) is 11.6 Å². The minimum absolute atomic E-state index is 0.00514. The van der Waals surface area contributed by atoms with Crippen LogP contribution >= 0.6 is 0 Å². The molecule has 0 radical (unpaired) electrons. The molecule has 1 aromatic heterocycles. The van der Waals surface area contributed by atoms with Gasteiger partial charge in [0.2, 0.25) is 0 Å². The molecule has 1 aliphatic rings. The maximum absolute atomic E-state index is 13.5. The molecule has 1 aliphatic heterocycles. The van der Waals surface area contributed by atoms with E-state index in [9.17, 15) is 8.78 Å². The normalized spacial score (nSPS) is 20.8. The lowest BCUT2D eigenvalue weighted by atomic mass is 10.0. The molecule has 2 unspecified atom stereocenters. The summed E-state index contributed by atoms with van der Waals surface area (Å²) in [5.41, 5.74) is 1.78. The van der Waals surface area contributed by atoms with E-state index in [4.69, 9.17) is 4.74 Å². The molecule has 3 aromatic rings. The summed E-state index contributed by atoms with van der Waals surface area (Å²) < 4.78 is 32.7. The van der Waals surface area contributed by atoms with Crippen LogP contribution < -0.4 is 4.90 Å². The Labute approximate surface area is 144 Å². The zero-order chi connectivity index (χ0) is 17.4. The number of rotatable bonds is 2. The Morgan fingerprint density at radius 1 is 1.08 bits per heavy atom. The fourth-order valence-corrected chi connectivity index (χ4v) is 3.14. The van der Waals surface area contributed by atoms with Gasteiger partial charge in [-0.3, -0.25) is 4.98 Å². The summed E-state index contributed by atoms with van der Waals surface area (Å²) in [6.07, 6.45) is 1.65. The molecule has 4 nitrogen and oxygen atoms in total. The van der Waals surface area contributed by atoms with Crippen molar-refractivity contribution in [2.24, 2.45) is 0 Å². The minimum Gasteiger partial charge on any atom is -0.374 e. The minimum atomic E-state index is -0.922. The Morgan fingerprint density at radius 2 is 1.80 bits per heavy atom. The quantitative estimate of drug-likeness (QED) is 0.709. The number of halogens is 2. The molecule has 128 valence electrons. The van der Waals surface area contributed by atoms with Gasteiger partial charge in [-0.1, -0.05) is 30.3 Å². The number of morpholine rings is 1. The van der Waals surface area contributed by atoms with Crippen LogP contribution in [0.1, 0.15) is 18.5 Å². The van der Waals surface area contributed by atoms with Crippen molar-refractivity contribution in [2.45, 2.75) is 19.1 Å². The molecule has 0 bridgehead atoms. The van der Waals surface area contributed by atoms with E-state index in [-0.39, 0.29) is 12.1 Å². The highest BCUT2D eigenvalue weighted by Crippen LogP contribution is 2.31. The van der Waals surface area contributed by atoms with E-state index < -0.39 is 11.6 Å². The van der Waals surface area contributed by atoms with Crippen molar-refractivity contribution in [1.82, 2.24) is 9.97 Å². The number of benzene rings is 2. The van der Waals surface area contributed by atoms with Crippen molar-refractivity contribution in [1.29, 1.82) is 0 Å². The first-order chi connectivity index (χ1) is 12.1. The van der Waals surface area contributed by atoms with Crippen molar-refractivity contribution in [2.75, 3.05) is 18.1 Å².